The lowest BCUT2D eigenvalue weighted by Gasteiger charge is -2.03. The summed E-state index contributed by atoms with van der Waals surface area (Å²) in [7, 11) is -2.40. The summed E-state index contributed by atoms with van der Waals surface area (Å²) in [5.74, 6) is -0.0664. The number of hydrogen-bond donors (Lipinski definition) is 1. The van der Waals surface area contributed by atoms with E-state index in [0.717, 1.165) is 16.8 Å². The lowest BCUT2D eigenvalue weighted by Crippen LogP contribution is -2.07. The fraction of sp³-hybridized carbons (Fsp3) is 0.385. The molecule has 0 saturated heterocycles. The van der Waals surface area contributed by atoms with Crippen molar-refractivity contribution in [3.8, 4) is 0 Å². The largest absolute Gasteiger partial charge is 0.326 e. The van der Waals surface area contributed by atoms with Gasteiger partial charge in [-0.25, -0.2) is 4.21 Å². The van der Waals surface area contributed by atoms with E-state index in [1.54, 1.807) is 19.1 Å². The summed E-state index contributed by atoms with van der Waals surface area (Å²) in [4.78, 5) is 22.9. The molecule has 2 rings (SSSR count). The average molecular weight is 280 g/mol. The zero-order valence-corrected chi connectivity index (χ0v) is 11.8. The molecule has 1 unspecified atom stereocenters. The summed E-state index contributed by atoms with van der Waals surface area (Å²) in [5.41, 5.74) is 2.45. The molecular formula is C13H16N2O3S. The van der Waals surface area contributed by atoms with Crippen LogP contribution in [0.4, 0.5) is 5.69 Å². The third-order valence-electron chi connectivity index (χ3n) is 2.99. The van der Waals surface area contributed by atoms with E-state index in [1.807, 2.05) is 6.07 Å². The van der Waals surface area contributed by atoms with E-state index in [4.69, 9.17) is 0 Å². The Kier molecular flexibility index (Phi) is 3.71. The maximum Gasteiger partial charge on any atom is 0.258 e. The average Bonchev–Trinajstić information content (AvgIpc) is 2.67. The van der Waals surface area contributed by atoms with E-state index in [2.05, 4.69) is 9.68 Å². The van der Waals surface area contributed by atoms with Crippen LogP contribution in [0.25, 0.3) is 0 Å². The van der Waals surface area contributed by atoms with Gasteiger partial charge in [0.15, 0.2) is 0 Å². The topological polar surface area (TPSA) is 75.6 Å². The molecule has 0 bridgehead atoms. The third kappa shape index (κ3) is 3.41. The number of carbonyl (C=O) groups excluding carboxylic acids is 2. The summed E-state index contributed by atoms with van der Waals surface area (Å²) in [6, 6.07) is 5.41. The highest BCUT2D eigenvalue weighted by Gasteiger charge is 2.18. The van der Waals surface area contributed by atoms with Crippen LogP contribution in [0.3, 0.4) is 0 Å². The molecule has 102 valence electrons. The quantitative estimate of drug-likeness (QED) is 0.908. The van der Waals surface area contributed by atoms with Crippen molar-refractivity contribution in [1.82, 2.24) is 0 Å². The minimum Gasteiger partial charge on any atom is -0.326 e. The first-order chi connectivity index (χ1) is 8.89. The van der Waals surface area contributed by atoms with E-state index in [-0.39, 0.29) is 12.3 Å². The monoisotopic (exact) mass is 280 g/mol. The zero-order chi connectivity index (χ0) is 14.0. The molecule has 0 radical (unpaired) electrons. The number of amides is 2. The minimum absolute atomic E-state index is 0.0364. The first-order valence-electron chi connectivity index (χ1n) is 6.04. The Balaban J connectivity index is 2.16. The smallest absolute Gasteiger partial charge is 0.258 e. The molecule has 1 heterocycles. The van der Waals surface area contributed by atoms with Gasteiger partial charge in [0.1, 0.15) is 0 Å². The highest BCUT2D eigenvalue weighted by Crippen LogP contribution is 2.24. The maximum absolute atomic E-state index is 11.7. The van der Waals surface area contributed by atoms with Crippen molar-refractivity contribution in [1.29, 1.82) is 0 Å². The molecule has 0 aromatic heterocycles. The standard InChI is InChI=1S/C13H16N2O3S/c1-3-19(2,18)15-13(17)7-9-4-5-10-8-12(16)14-11(10)6-9/h4-6H,3,7-8H2,1-2H3,(H,14,16). The highest BCUT2D eigenvalue weighted by atomic mass is 32.2. The Bertz CT molecular complexity index is 658. The maximum atomic E-state index is 11.7. The summed E-state index contributed by atoms with van der Waals surface area (Å²) in [6.07, 6.45) is 1.97. The first-order valence-corrected chi connectivity index (χ1v) is 8.13. The molecule has 0 aliphatic carbocycles. The second-order valence-electron chi connectivity index (χ2n) is 4.63. The zero-order valence-electron chi connectivity index (χ0n) is 10.9. The number of nitrogens with zero attached hydrogens (tertiary/aromatic N) is 1. The van der Waals surface area contributed by atoms with Crippen molar-refractivity contribution in [3.05, 3.63) is 29.3 Å². The molecule has 19 heavy (non-hydrogen) atoms. The number of nitrogens with one attached hydrogen (secondary N) is 1. The van der Waals surface area contributed by atoms with Crippen molar-refractivity contribution in [2.24, 2.45) is 4.36 Å². The van der Waals surface area contributed by atoms with Crippen LogP contribution in [-0.4, -0.2) is 28.0 Å². The van der Waals surface area contributed by atoms with E-state index < -0.39 is 15.6 Å². The molecule has 0 spiro atoms. The lowest BCUT2D eigenvalue weighted by molar-refractivity contribution is -0.117. The van der Waals surface area contributed by atoms with Crippen LogP contribution >= 0.6 is 0 Å². The molecule has 2 amide bonds. The number of benzene rings is 1. The van der Waals surface area contributed by atoms with Crippen LogP contribution in [-0.2, 0) is 32.2 Å². The van der Waals surface area contributed by atoms with Gasteiger partial charge in [0.25, 0.3) is 5.91 Å². The van der Waals surface area contributed by atoms with Gasteiger partial charge in [-0.05, 0) is 17.2 Å². The normalized spacial score (nSPS) is 16.4. The predicted molar refractivity (Wildman–Crippen MR) is 74.5 cm³/mol. The molecule has 0 saturated carbocycles. The van der Waals surface area contributed by atoms with Crippen molar-refractivity contribution < 1.29 is 13.8 Å². The van der Waals surface area contributed by atoms with E-state index >= 15 is 0 Å². The highest BCUT2D eigenvalue weighted by molar-refractivity contribution is 7.93. The number of anilines is 1. The molecule has 1 aliphatic rings. The first kappa shape index (κ1) is 13.7. The van der Waals surface area contributed by atoms with Crippen LogP contribution in [0.2, 0.25) is 0 Å². The van der Waals surface area contributed by atoms with Gasteiger partial charge in [-0.15, -0.1) is 0 Å². The molecule has 1 atom stereocenters. The Morgan fingerprint density at radius 2 is 2.21 bits per heavy atom. The van der Waals surface area contributed by atoms with E-state index in [1.165, 1.54) is 6.26 Å². The number of carbonyl (C=O) groups is 2. The molecule has 1 aliphatic heterocycles. The summed E-state index contributed by atoms with van der Waals surface area (Å²) in [5, 5.41) is 2.73. The Labute approximate surface area is 112 Å². The van der Waals surface area contributed by atoms with Gasteiger partial charge in [0, 0.05) is 17.7 Å². The van der Waals surface area contributed by atoms with E-state index in [9.17, 15) is 13.8 Å². The fourth-order valence-corrected chi connectivity index (χ4v) is 2.48. The molecule has 1 N–H and O–H groups in total. The molecule has 5 nitrogen and oxygen atoms in total. The molecule has 1 aromatic carbocycles. The number of rotatable bonds is 3. The summed E-state index contributed by atoms with van der Waals surface area (Å²) >= 11 is 0. The Morgan fingerprint density at radius 1 is 1.47 bits per heavy atom. The second kappa shape index (κ2) is 5.13. The number of fused-ring (bicyclic) bond motifs is 1. The van der Waals surface area contributed by atoms with Gasteiger partial charge < -0.3 is 5.32 Å². The van der Waals surface area contributed by atoms with Crippen LogP contribution < -0.4 is 5.32 Å². The van der Waals surface area contributed by atoms with Gasteiger partial charge in [0.05, 0.1) is 22.6 Å². The molecule has 0 fully saturated rings. The van der Waals surface area contributed by atoms with E-state index in [0.29, 0.717) is 12.2 Å². The lowest BCUT2D eigenvalue weighted by atomic mass is 10.1. The van der Waals surface area contributed by atoms with Crippen LogP contribution in [0.1, 0.15) is 18.1 Å². The second-order valence-corrected chi connectivity index (χ2v) is 7.31. The van der Waals surface area contributed by atoms with Crippen LogP contribution in [0, 0.1) is 0 Å². The molecule has 6 heteroatoms. The van der Waals surface area contributed by atoms with Gasteiger partial charge in [-0.2, -0.15) is 4.36 Å². The summed E-state index contributed by atoms with van der Waals surface area (Å²) < 4.78 is 15.5. The molecular weight excluding hydrogens is 264 g/mol. The fourth-order valence-electron chi connectivity index (χ4n) is 1.86. The van der Waals surface area contributed by atoms with Crippen molar-refractivity contribution in [2.45, 2.75) is 19.8 Å². The predicted octanol–water partition coefficient (Wildman–Crippen LogP) is 1.37. The van der Waals surface area contributed by atoms with Gasteiger partial charge in [-0.1, -0.05) is 19.1 Å². The van der Waals surface area contributed by atoms with Crippen molar-refractivity contribution in [3.63, 3.8) is 0 Å². The SMILES string of the molecule is CCS(C)(=O)=NC(=O)Cc1ccc2c(c1)NC(=O)C2. The molecule has 1 aromatic rings. The Morgan fingerprint density at radius 3 is 2.89 bits per heavy atom. The number of hydrogen-bond acceptors (Lipinski definition) is 3. The van der Waals surface area contributed by atoms with Crippen molar-refractivity contribution >= 4 is 27.2 Å². The van der Waals surface area contributed by atoms with Gasteiger partial charge in [-0.3, -0.25) is 9.59 Å². The Hall–Kier alpha value is -1.69. The van der Waals surface area contributed by atoms with Crippen LogP contribution in [0.15, 0.2) is 22.6 Å². The summed E-state index contributed by atoms with van der Waals surface area (Å²) in [6.45, 7) is 1.74. The third-order valence-corrected chi connectivity index (χ3v) is 4.65. The van der Waals surface area contributed by atoms with Crippen LogP contribution in [0.5, 0.6) is 0 Å². The minimum atomic E-state index is -2.40. The van der Waals surface area contributed by atoms with Gasteiger partial charge >= 0.3 is 0 Å². The van der Waals surface area contributed by atoms with Gasteiger partial charge in [0.2, 0.25) is 5.91 Å². The van der Waals surface area contributed by atoms with Crippen molar-refractivity contribution in [2.75, 3.05) is 17.3 Å².